The lowest BCUT2D eigenvalue weighted by Crippen LogP contribution is -2.44. The highest BCUT2D eigenvalue weighted by Gasteiger charge is 2.14. The monoisotopic (exact) mass is 143 g/mol. The summed E-state index contributed by atoms with van der Waals surface area (Å²) in [7, 11) is 0. The average Bonchev–Trinajstić information content (AvgIpc) is 1.88. The molecule has 60 valence electrons. The molecule has 0 aromatic carbocycles. The lowest BCUT2D eigenvalue weighted by Gasteiger charge is -2.29. The Bertz CT molecular complexity index is 92.9. The summed E-state index contributed by atoms with van der Waals surface area (Å²) >= 11 is 0. The molecule has 1 atom stereocenters. The van der Waals surface area contributed by atoms with Crippen molar-refractivity contribution in [3.63, 3.8) is 0 Å². The number of hydrogen-bond donors (Lipinski definition) is 2. The highest BCUT2D eigenvalue weighted by atomic mass is 15.1. The molecule has 0 bridgehead atoms. The van der Waals surface area contributed by atoms with Gasteiger partial charge in [0.1, 0.15) is 0 Å². The number of rotatable bonds is 2. The molecule has 3 heteroatoms. The Morgan fingerprint density at radius 3 is 2.90 bits per heavy atom. The molecule has 1 heterocycles. The molecule has 0 spiro atoms. The second kappa shape index (κ2) is 3.91. The van der Waals surface area contributed by atoms with Gasteiger partial charge in [-0.05, 0) is 19.4 Å². The minimum atomic E-state index is 0.389. The normalized spacial score (nSPS) is 28.8. The number of likely N-dealkylation sites (tertiary alicyclic amines) is 1. The first-order valence-corrected chi connectivity index (χ1v) is 4.01. The van der Waals surface area contributed by atoms with Crippen molar-refractivity contribution in [1.82, 2.24) is 4.90 Å². The molecule has 0 aliphatic carbocycles. The van der Waals surface area contributed by atoms with Crippen LogP contribution < -0.4 is 11.5 Å². The van der Waals surface area contributed by atoms with Crippen LogP contribution in [0.3, 0.4) is 0 Å². The molecule has 4 N–H and O–H groups in total. The molecule has 1 aliphatic rings. The molecule has 0 saturated carbocycles. The van der Waals surface area contributed by atoms with Crippen molar-refractivity contribution < 1.29 is 0 Å². The van der Waals surface area contributed by atoms with E-state index in [2.05, 4.69) is 4.90 Å². The van der Waals surface area contributed by atoms with Gasteiger partial charge in [0.15, 0.2) is 0 Å². The number of hydrogen-bond acceptors (Lipinski definition) is 3. The Hall–Kier alpha value is -0.120. The van der Waals surface area contributed by atoms with Gasteiger partial charge in [-0.25, -0.2) is 0 Å². The van der Waals surface area contributed by atoms with Crippen LogP contribution in [0.1, 0.15) is 12.8 Å². The second-order valence-electron chi connectivity index (χ2n) is 2.99. The van der Waals surface area contributed by atoms with Crippen LogP contribution in [0.2, 0.25) is 0 Å². The molecule has 0 amide bonds. The first-order chi connectivity index (χ1) is 4.83. The molecule has 10 heavy (non-hydrogen) atoms. The summed E-state index contributed by atoms with van der Waals surface area (Å²) in [5.41, 5.74) is 11.2. The molecule has 1 saturated heterocycles. The number of nitrogens with two attached hydrogens (primary N) is 2. The fourth-order valence-corrected chi connectivity index (χ4v) is 1.48. The van der Waals surface area contributed by atoms with Crippen LogP contribution in [-0.2, 0) is 0 Å². The van der Waals surface area contributed by atoms with E-state index in [1.807, 2.05) is 0 Å². The lowest BCUT2D eigenvalue weighted by molar-refractivity contribution is 0.214. The fourth-order valence-electron chi connectivity index (χ4n) is 1.48. The molecule has 0 radical (unpaired) electrons. The zero-order chi connectivity index (χ0) is 7.40. The van der Waals surface area contributed by atoms with Crippen molar-refractivity contribution in [2.45, 2.75) is 18.9 Å². The first-order valence-electron chi connectivity index (χ1n) is 4.01. The zero-order valence-electron chi connectivity index (χ0n) is 6.42. The van der Waals surface area contributed by atoms with Crippen molar-refractivity contribution in [3.8, 4) is 0 Å². The van der Waals surface area contributed by atoms with Crippen LogP contribution in [0.5, 0.6) is 0 Å². The van der Waals surface area contributed by atoms with Crippen molar-refractivity contribution in [2.24, 2.45) is 11.5 Å². The molecular formula is C7H17N3. The molecule has 1 rings (SSSR count). The van der Waals surface area contributed by atoms with E-state index in [9.17, 15) is 0 Å². The van der Waals surface area contributed by atoms with Crippen molar-refractivity contribution in [3.05, 3.63) is 0 Å². The SMILES string of the molecule is NCCN1CCCC(N)C1. The molecule has 1 aliphatic heterocycles. The summed E-state index contributed by atoms with van der Waals surface area (Å²) in [6.07, 6.45) is 2.42. The molecule has 3 nitrogen and oxygen atoms in total. The average molecular weight is 143 g/mol. The summed E-state index contributed by atoms with van der Waals surface area (Å²) in [5, 5.41) is 0. The van der Waals surface area contributed by atoms with E-state index < -0.39 is 0 Å². The van der Waals surface area contributed by atoms with E-state index in [0.717, 1.165) is 19.6 Å². The predicted molar refractivity (Wildman–Crippen MR) is 42.7 cm³/mol. The third-order valence-corrected chi connectivity index (χ3v) is 1.99. The summed E-state index contributed by atoms with van der Waals surface area (Å²) in [5.74, 6) is 0. The van der Waals surface area contributed by atoms with Crippen molar-refractivity contribution in [2.75, 3.05) is 26.2 Å². The van der Waals surface area contributed by atoms with Gasteiger partial charge >= 0.3 is 0 Å². The van der Waals surface area contributed by atoms with Crippen LogP contribution >= 0.6 is 0 Å². The summed E-state index contributed by atoms with van der Waals surface area (Å²) in [6.45, 7) is 3.99. The lowest BCUT2D eigenvalue weighted by atomic mass is 10.1. The maximum absolute atomic E-state index is 5.77. The van der Waals surface area contributed by atoms with Gasteiger partial charge in [0.25, 0.3) is 0 Å². The van der Waals surface area contributed by atoms with E-state index in [1.54, 1.807) is 0 Å². The highest BCUT2D eigenvalue weighted by molar-refractivity contribution is 4.74. The smallest absolute Gasteiger partial charge is 0.0168 e. The maximum Gasteiger partial charge on any atom is 0.0168 e. The standard InChI is InChI=1S/C7H17N3/c8-3-5-10-4-1-2-7(9)6-10/h7H,1-6,8-9H2. The van der Waals surface area contributed by atoms with Gasteiger partial charge in [-0.3, -0.25) is 0 Å². The van der Waals surface area contributed by atoms with Crippen LogP contribution in [0.15, 0.2) is 0 Å². The zero-order valence-corrected chi connectivity index (χ0v) is 6.42. The number of nitrogens with zero attached hydrogens (tertiary/aromatic N) is 1. The topological polar surface area (TPSA) is 55.3 Å². The molecule has 1 fully saturated rings. The minimum absolute atomic E-state index is 0.389. The minimum Gasteiger partial charge on any atom is -0.329 e. The third kappa shape index (κ3) is 2.25. The molecule has 0 aromatic heterocycles. The van der Waals surface area contributed by atoms with Crippen molar-refractivity contribution in [1.29, 1.82) is 0 Å². The van der Waals surface area contributed by atoms with E-state index >= 15 is 0 Å². The summed E-state index contributed by atoms with van der Waals surface area (Å²) < 4.78 is 0. The van der Waals surface area contributed by atoms with Gasteiger partial charge in [0.2, 0.25) is 0 Å². The van der Waals surface area contributed by atoms with Gasteiger partial charge < -0.3 is 16.4 Å². The number of piperidine rings is 1. The predicted octanol–water partition coefficient (Wildman–Crippen LogP) is -0.632. The van der Waals surface area contributed by atoms with Crippen LogP contribution in [-0.4, -0.2) is 37.1 Å². The van der Waals surface area contributed by atoms with Crippen LogP contribution in [0.25, 0.3) is 0 Å². The Balaban J connectivity index is 2.18. The van der Waals surface area contributed by atoms with Gasteiger partial charge in [0.05, 0.1) is 0 Å². The van der Waals surface area contributed by atoms with Gasteiger partial charge in [-0.15, -0.1) is 0 Å². The Morgan fingerprint density at radius 1 is 1.50 bits per heavy atom. The molecule has 0 aromatic rings. The first kappa shape index (κ1) is 7.98. The van der Waals surface area contributed by atoms with Crippen molar-refractivity contribution >= 4 is 0 Å². The Morgan fingerprint density at radius 2 is 2.30 bits per heavy atom. The quantitative estimate of drug-likeness (QED) is 0.541. The Labute approximate surface area is 62.4 Å². The Kier molecular flexibility index (Phi) is 3.12. The van der Waals surface area contributed by atoms with Gasteiger partial charge in [-0.2, -0.15) is 0 Å². The third-order valence-electron chi connectivity index (χ3n) is 1.99. The van der Waals surface area contributed by atoms with Crippen LogP contribution in [0, 0.1) is 0 Å². The summed E-state index contributed by atoms with van der Waals surface area (Å²) in [4.78, 5) is 2.34. The van der Waals surface area contributed by atoms with E-state index in [0.29, 0.717) is 6.04 Å². The van der Waals surface area contributed by atoms with Gasteiger partial charge in [-0.1, -0.05) is 0 Å². The fraction of sp³-hybridized carbons (Fsp3) is 1.00. The van der Waals surface area contributed by atoms with Gasteiger partial charge in [0, 0.05) is 25.7 Å². The maximum atomic E-state index is 5.77. The van der Waals surface area contributed by atoms with Crippen LogP contribution in [0.4, 0.5) is 0 Å². The van der Waals surface area contributed by atoms with E-state index in [4.69, 9.17) is 11.5 Å². The molecule has 1 unspecified atom stereocenters. The molecular weight excluding hydrogens is 126 g/mol. The highest BCUT2D eigenvalue weighted by Crippen LogP contribution is 2.06. The summed E-state index contributed by atoms with van der Waals surface area (Å²) in [6, 6.07) is 0.389. The van der Waals surface area contributed by atoms with E-state index in [1.165, 1.54) is 19.4 Å². The second-order valence-corrected chi connectivity index (χ2v) is 2.99. The van der Waals surface area contributed by atoms with E-state index in [-0.39, 0.29) is 0 Å². The largest absolute Gasteiger partial charge is 0.329 e.